The number of carbonyl (C=O) groups is 1. The highest BCUT2D eigenvalue weighted by Gasteiger charge is 2.17. The molecule has 110 valence electrons. The maximum Gasteiger partial charge on any atom is 0.270 e. The van der Waals surface area contributed by atoms with Crippen molar-refractivity contribution in [3.8, 4) is 0 Å². The highest BCUT2D eigenvalue weighted by molar-refractivity contribution is 5.77. The molecule has 2 N–H and O–H groups in total. The number of nitrogens with one attached hydrogen (secondary N) is 2. The van der Waals surface area contributed by atoms with Gasteiger partial charge in [0.15, 0.2) is 0 Å². The second kappa shape index (κ2) is 6.08. The van der Waals surface area contributed by atoms with Crippen LogP contribution < -0.4 is 10.9 Å². The van der Waals surface area contributed by atoms with E-state index in [-0.39, 0.29) is 11.5 Å². The van der Waals surface area contributed by atoms with Crippen molar-refractivity contribution in [3.05, 3.63) is 40.3 Å². The van der Waals surface area contributed by atoms with E-state index in [9.17, 15) is 9.59 Å². The third-order valence-corrected chi connectivity index (χ3v) is 3.98. The minimum Gasteiger partial charge on any atom is -0.353 e. The smallest absolute Gasteiger partial charge is 0.270 e. The Bertz CT molecular complexity index is 702. The van der Waals surface area contributed by atoms with Gasteiger partial charge in [-0.25, -0.2) is 4.98 Å². The van der Waals surface area contributed by atoms with E-state index in [4.69, 9.17) is 0 Å². The van der Waals surface area contributed by atoms with E-state index < -0.39 is 0 Å². The summed E-state index contributed by atoms with van der Waals surface area (Å²) >= 11 is 0. The van der Waals surface area contributed by atoms with Crippen LogP contribution in [0.25, 0.3) is 11.0 Å². The number of fused-ring (bicyclic) bond motifs is 1. The van der Waals surface area contributed by atoms with E-state index in [0.29, 0.717) is 24.6 Å². The van der Waals surface area contributed by atoms with Gasteiger partial charge in [-0.05, 0) is 25.0 Å². The lowest BCUT2D eigenvalue weighted by Gasteiger charge is -2.11. The third kappa shape index (κ3) is 3.29. The molecule has 1 heterocycles. The molecule has 1 saturated carbocycles. The summed E-state index contributed by atoms with van der Waals surface area (Å²) in [4.78, 5) is 31.0. The Kier molecular flexibility index (Phi) is 3.99. The number of hydrogen-bond acceptors (Lipinski definition) is 3. The van der Waals surface area contributed by atoms with E-state index >= 15 is 0 Å². The highest BCUT2D eigenvalue weighted by Crippen LogP contribution is 2.17. The molecule has 0 saturated heterocycles. The highest BCUT2D eigenvalue weighted by atomic mass is 16.1. The zero-order valence-corrected chi connectivity index (χ0v) is 11.9. The fourth-order valence-electron chi connectivity index (χ4n) is 2.84. The topological polar surface area (TPSA) is 74.8 Å². The number of benzene rings is 1. The Morgan fingerprint density at radius 3 is 2.86 bits per heavy atom. The van der Waals surface area contributed by atoms with Crippen molar-refractivity contribution in [2.75, 3.05) is 0 Å². The van der Waals surface area contributed by atoms with Crippen LogP contribution in [0.2, 0.25) is 0 Å². The fourth-order valence-corrected chi connectivity index (χ4v) is 2.84. The van der Waals surface area contributed by atoms with Crippen molar-refractivity contribution >= 4 is 16.9 Å². The summed E-state index contributed by atoms with van der Waals surface area (Å²) in [6.45, 7) is 0. The predicted octanol–water partition coefficient (Wildman–Crippen LogP) is 1.91. The van der Waals surface area contributed by atoms with Gasteiger partial charge in [-0.15, -0.1) is 0 Å². The molecule has 2 aromatic rings. The molecule has 1 fully saturated rings. The first kappa shape index (κ1) is 13.8. The van der Waals surface area contributed by atoms with Gasteiger partial charge >= 0.3 is 0 Å². The first-order chi connectivity index (χ1) is 10.2. The molecule has 0 spiro atoms. The van der Waals surface area contributed by atoms with Gasteiger partial charge in [-0.2, -0.15) is 0 Å². The number of aromatic nitrogens is 2. The Labute approximate surface area is 122 Å². The van der Waals surface area contributed by atoms with Crippen LogP contribution in [-0.2, 0) is 11.2 Å². The zero-order chi connectivity index (χ0) is 14.7. The normalized spacial score (nSPS) is 15.4. The number of nitrogens with zero attached hydrogens (tertiary/aromatic N) is 1. The molecule has 1 amide bonds. The van der Waals surface area contributed by atoms with Crippen LogP contribution >= 0.6 is 0 Å². The number of hydrogen-bond donors (Lipinski definition) is 2. The van der Waals surface area contributed by atoms with E-state index in [1.807, 2.05) is 24.3 Å². The molecule has 1 aromatic carbocycles. The predicted molar refractivity (Wildman–Crippen MR) is 81.1 cm³/mol. The monoisotopic (exact) mass is 285 g/mol. The van der Waals surface area contributed by atoms with Crippen molar-refractivity contribution < 1.29 is 4.79 Å². The molecule has 21 heavy (non-hydrogen) atoms. The molecule has 0 atom stereocenters. The number of aromatic amines is 1. The van der Waals surface area contributed by atoms with Crippen LogP contribution in [0.3, 0.4) is 0 Å². The second-order valence-corrected chi connectivity index (χ2v) is 5.58. The molecular weight excluding hydrogens is 266 g/mol. The lowest BCUT2D eigenvalue weighted by Crippen LogP contribution is -2.33. The number of H-pyrrole nitrogens is 1. The van der Waals surface area contributed by atoms with Crippen molar-refractivity contribution in [3.63, 3.8) is 0 Å². The van der Waals surface area contributed by atoms with Gasteiger partial charge in [0, 0.05) is 18.9 Å². The van der Waals surface area contributed by atoms with E-state index in [1.54, 1.807) is 0 Å². The molecule has 0 bridgehead atoms. The molecule has 5 heteroatoms. The summed E-state index contributed by atoms with van der Waals surface area (Å²) in [6.07, 6.45) is 5.21. The first-order valence-corrected chi connectivity index (χ1v) is 7.50. The van der Waals surface area contributed by atoms with Crippen LogP contribution in [0.15, 0.2) is 29.1 Å². The minimum absolute atomic E-state index is 0.0104. The summed E-state index contributed by atoms with van der Waals surface area (Å²) in [5.74, 6) is 0.0104. The molecule has 0 unspecified atom stereocenters. The average Bonchev–Trinajstić information content (AvgIpc) is 2.98. The molecule has 0 aliphatic heterocycles. The van der Waals surface area contributed by atoms with Crippen molar-refractivity contribution in [1.82, 2.24) is 15.3 Å². The molecule has 1 aliphatic rings. The quantitative estimate of drug-likeness (QED) is 0.901. The molecule has 1 aliphatic carbocycles. The maximum atomic E-state index is 11.9. The summed E-state index contributed by atoms with van der Waals surface area (Å²) in [6, 6.07) is 7.73. The Morgan fingerprint density at radius 1 is 1.29 bits per heavy atom. The lowest BCUT2D eigenvalue weighted by molar-refractivity contribution is -0.121. The van der Waals surface area contributed by atoms with Gasteiger partial charge in [0.05, 0.1) is 11.0 Å². The Morgan fingerprint density at radius 2 is 2.05 bits per heavy atom. The fraction of sp³-hybridized carbons (Fsp3) is 0.438. The molecule has 5 nitrogen and oxygen atoms in total. The van der Waals surface area contributed by atoms with Crippen LogP contribution in [0.1, 0.15) is 37.8 Å². The molecule has 0 radical (unpaired) electrons. The maximum absolute atomic E-state index is 11.9. The largest absolute Gasteiger partial charge is 0.353 e. The van der Waals surface area contributed by atoms with Crippen LogP contribution in [-0.4, -0.2) is 21.9 Å². The standard InChI is InChI=1S/C16H19N3O2/c20-15(17-11-5-1-2-6-11)10-9-14-16(21)19-13-8-4-3-7-12(13)18-14/h3-4,7-8,11H,1-2,5-6,9-10H2,(H,17,20)(H,19,21). The van der Waals surface area contributed by atoms with Crippen LogP contribution in [0.5, 0.6) is 0 Å². The molecule has 3 rings (SSSR count). The minimum atomic E-state index is -0.206. The van der Waals surface area contributed by atoms with Gasteiger partial charge in [-0.3, -0.25) is 9.59 Å². The number of aryl methyl sites for hydroxylation is 1. The van der Waals surface area contributed by atoms with Crippen LogP contribution in [0.4, 0.5) is 0 Å². The molecular formula is C16H19N3O2. The first-order valence-electron chi connectivity index (χ1n) is 7.50. The number of carbonyl (C=O) groups excluding carboxylic acids is 1. The zero-order valence-electron chi connectivity index (χ0n) is 11.9. The summed E-state index contributed by atoms with van der Waals surface area (Å²) < 4.78 is 0. The van der Waals surface area contributed by atoms with Crippen molar-refractivity contribution in [1.29, 1.82) is 0 Å². The summed E-state index contributed by atoms with van der Waals surface area (Å²) in [7, 11) is 0. The van der Waals surface area contributed by atoms with E-state index in [1.165, 1.54) is 12.8 Å². The van der Waals surface area contributed by atoms with Gasteiger partial charge in [0.25, 0.3) is 5.56 Å². The van der Waals surface area contributed by atoms with Gasteiger partial charge in [-0.1, -0.05) is 25.0 Å². The average molecular weight is 285 g/mol. The lowest BCUT2D eigenvalue weighted by atomic mass is 10.2. The van der Waals surface area contributed by atoms with E-state index in [2.05, 4.69) is 15.3 Å². The number of amides is 1. The summed E-state index contributed by atoms with van der Waals surface area (Å²) in [5.41, 5.74) is 1.70. The van der Waals surface area contributed by atoms with E-state index in [0.717, 1.165) is 23.9 Å². The van der Waals surface area contributed by atoms with Gasteiger partial charge in [0.1, 0.15) is 5.69 Å². The third-order valence-electron chi connectivity index (χ3n) is 3.98. The Balaban J connectivity index is 1.65. The Hall–Kier alpha value is -2.17. The number of rotatable bonds is 4. The van der Waals surface area contributed by atoms with Gasteiger partial charge < -0.3 is 10.3 Å². The number of para-hydroxylation sites is 2. The van der Waals surface area contributed by atoms with Crippen molar-refractivity contribution in [2.24, 2.45) is 0 Å². The van der Waals surface area contributed by atoms with Crippen molar-refractivity contribution in [2.45, 2.75) is 44.6 Å². The second-order valence-electron chi connectivity index (χ2n) is 5.58. The molecule has 1 aromatic heterocycles. The van der Waals surface area contributed by atoms with Crippen LogP contribution in [0, 0.1) is 0 Å². The summed E-state index contributed by atoms with van der Waals surface area (Å²) in [5, 5.41) is 3.03. The SMILES string of the molecule is O=C(CCc1nc2ccccc2[nH]c1=O)NC1CCCC1. The van der Waals surface area contributed by atoms with Gasteiger partial charge in [0.2, 0.25) is 5.91 Å².